The monoisotopic (exact) mass is 324 g/mol. The first-order chi connectivity index (χ1) is 10.7. The SMILES string of the molecule is CNCc1ccc(C(O)C(O)CCNC(=O)OC(C)(C)C)cc1. The molecule has 0 bridgehead atoms. The van der Waals surface area contributed by atoms with Crippen LogP contribution >= 0.6 is 0 Å². The number of hydrogen-bond acceptors (Lipinski definition) is 5. The first kappa shape index (κ1) is 19.4. The molecule has 1 rings (SSSR count). The molecule has 6 heteroatoms. The third-order valence-electron chi connectivity index (χ3n) is 3.17. The van der Waals surface area contributed by atoms with Gasteiger partial charge in [-0.2, -0.15) is 0 Å². The molecular weight excluding hydrogens is 296 g/mol. The van der Waals surface area contributed by atoms with Crippen LogP contribution < -0.4 is 10.6 Å². The van der Waals surface area contributed by atoms with Gasteiger partial charge >= 0.3 is 6.09 Å². The van der Waals surface area contributed by atoms with Gasteiger partial charge in [-0.1, -0.05) is 24.3 Å². The van der Waals surface area contributed by atoms with Crippen molar-refractivity contribution < 1.29 is 19.7 Å². The Hall–Kier alpha value is -1.63. The van der Waals surface area contributed by atoms with Crippen LogP contribution in [0.5, 0.6) is 0 Å². The molecule has 0 aliphatic rings. The highest BCUT2D eigenvalue weighted by molar-refractivity contribution is 5.67. The molecule has 1 aromatic rings. The molecule has 2 atom stereocenters. The zero-order chi connectivity index (χ0) is 17.5. The molecule has 0 radical (unpaired) electrons. The van der Waals surface area contributed by atoms with Crippen LogP contribution in [0.2, 0.25) is 0 Å². The van der Waals surface area contributed by atoms with Gasteiger partial charge in [-0.05, 0) is 45.4 Å². The van der Waals surface area contributed by atoms with E-state index in [0.29, 0.717) is 5.56 Å². The Bertz CT molecular complexity index is 482. The van der Waals surface area contributed by atoms with E-state index in [2.05, 4.69) is 10.6 Å². The number of rotatable bonds is 7. The number of aliphatic hydroxyl groups is 2. The van der Waals surface area contributed by atoms with Crippen LogP contribution in [-0.4, -0.2) is 41.6 Å². The van der Waals surface area contributed by atoms with E-state index in [1.54, 1.807) is 32.9 Å². The van der Waals surface area contributed by atoms with Gasteiger partial charge in [0.1, 0.15) is 11.7 Å². The summed E-state index contributed by atoms with van der Waals surface area (Å²) in [4.78, 5) is 11.5. The van der Waals surface area contributed by atoms with Crippen molar-refractivity contribution in [3.05, 3.63) is 35.4 Å². The fourth-order valence-electron chi connectivity index (χ4n) is 2.05. The van der Waals surface area contributed by atoms with Crippen LogP contribution in [-0.2, 0) is 11.3 Å². The number of carbonyl (C=O) groups excluding carboxylic acids is 1. The molecular formula is C17H28N2O4. The van der Waals surface area contributed by atoms with E-state index in [0.717, 1.165) is 12.1 Å². The lowest BCUT2D eigenvalue weighted by Gasteiger charge is -2.21. The molecule has 23 heavy (non-hydrogen) atoms. The van der Waals surface area contributed by atoms with Crippen LogP contribution in [0.15, 0.2) is 24.3 Å². The molecule has 2 unspecified atom stereocenters. The zero-order valence-corrected chi connectivity index (χ0v) is 14.3. The van der Waals surface area contributed by atoms with Crippen LogP contribution in [0, 0.1) is 0 Å². The Morgan fingerprint density at radius 3 is 2.35 bits per heavy atom. The molecule has 0 aliphatic heterocycles. The lowest BCUT2D eigenvalue weighted by Crippen LogP contribution is -2.34. The number of carbonyl (C=O) groups is 1. The lowest BCUT2D eigenvalue weighted by atomic mass is 10.0. The predicted octanol–water partition coefficient (Wildman–Crippen LogP) is 1.72. The number of amides is 1. The second-order valence-electron chi connectivity index (χ2n) is 6.50. The average molecular weight is 324 g/mol. The summed E-state index contributed by atoms with van der Waals surface area (Å²) in [7, 11) is 1.87. The van der Waals surface area contributed by atoms with E-state index < -0.39 is 23.9 Å². The predicted molar refractivity (Wildman–Crippen MR) is 89.0 cm³/mol. The van der Waals surface area contributed by atoms with E-state index in [4.69, 9.17) is 4.74 Å². The first-order valence-electron chi connectivity index (χ1n) is 7.79. The average Bonchev–Trinajstić information content (AvgIpc) is 2.45. The minimum atomic E-state index is -0.987. The van der Waals surface area contributed by atoms with Gasteiger partial charge in [0.15, 0.2) is 0 Å². The summed E-state index contributed by atoms with van der Waals surface area (Å²) in [6.45, 7) is 6.32. The maximum absolute atomic E-state index is 11.5. The summed E-state index contributed by atoms with van der Waals surface area (Å²) in [5.41, 5.74) is 1.19. The van der Waals surface area contributed by atoms with Gasteiger partial charge in [-0.3, -0.25) is 0 Å². The fourth-order valence-corrected chi connectivity index (χ4v) is 2.05. The van der Waals surface area contributed by atoms with Crippen molar-refractivity contribution in [1.82, 2.24) is 10.6 Å². The van der Waals surface area contributed by atoms with Crippen LogP contribution in [0.4, 0.5) is 4.79 Å². The van der Waals surface area contributed by atoms with E-state index >= 15 is 0 Å². The summed E-state index contributed by atoms with van der Waals surface area (Å²) in [5, 5.41) is 25.8. The highest BCUT2D eigenvalue weighted by Crippen LogP contribution is 2.19. The van der Waals surface area contributed by atoms with Gasteiger partial charge in [0.25, 0.3) is 0 Å². The molecule has 4 N–H and O–H groups in total. The Kier molecular flexibility index (Phi) is 7.48. The standard InChI is InChI=1S/C17H28N2O4/c1-17(2,3)23-16(22)19-10-9-14(20)15(21)13-7-5-12(6-8-13)11-18-4/h5-8,14-15,18,20-21H,9-11H2,1-4H3,(H,19,22). The van der Waals surface area contributed by atoms with Gasteiger partial charge in [0, 0.05) is 13.1 Å². The first-order valence-corrected chi connectivity index (χ1v) is 7.79. The number of nitrogens with one attached hydrogen (secondary N) is 2. The molecule has 1 aromatic carbocycles. The van der Waals surface area contributed by atoms with Crippen LogP contribution in [0.3, 0.4) is 0 Å². The summed E-state index contributed by atoms with van der Waals surface area (Å²) < 4.78 is 5.10. The lowest BCUT2D eigenvalue weighted by molar-refractivity contribution is 0.0123. The summed E-state index contributed by atoms with van der Waals surface area (Å²) in [6, 6.07) is 7.39. The number of alkyl carbamates (subject to hydrolysis) is 1. The van der Waals surface area contributed by atoms with Crippen molar-refractivity contribution >= 4 is 6.09 Å². The Labute approximate surface area is 137 Å². The summed E-state index contributed by atoms with van der Waals surface area (Å²) in [6.07, 6.45) is -2.24. The Morgan fingerprint density at radius 2 is 1.83 bits per heavy atom. The Morgan fingerprint density at radius 1 is 1.22 bits per heavy atom. The number of ether oxygens (including phenoxy) is 1. The molecule has 0 aromatic heterocycles. The van der Waals surface area contributed by atoms with E-state index in [1.807, 2.05) is 19.2 Å². The number of aliphatic hydroxyl groups excluding tert-OH is 2. The smallest absolute Gasteiger partial charge is 0.407 e. The quantitative estimate of drug-likeness (QED) is 0.613. The summed E-state index contributed by atoms with van der Waals surface area (Å²) in [5.74, 6) is 0. The maximum Gasteiger partial charge on any atom is 0.407 e. The van der Waals surface area contributed by atoms with Crippen LogP contribution in [0.1, 0.15) is 44.4 Å². The maximum atomic E-state index is 11.5. The third kappa shape index (κ3) is 7.45. The molecule has 0 saturated carbocycles. The highest BCUT2D eigenvalue weighted by Gasteiger charge is 2.20. The highest BCUT2D eigenvalue weighted by atomic mass is 16.6. The van der Waals surface area contributed by atoms with Gasteiger partial charge in [0.2, 0.25) is 0 Å². The van der Waals surface area contributed by atoms with Gasteiger partial charge in [0.05, 0.1) is 6.10 Å². The van der Waals surface area contributed by atoms with E-state index in [1.165, 1.54) is 0 Å². The molecule has 0 spiro atoms. The van der Waals surface area contributed by atoms with Crippen molar-refractivity contribution in [1.29, 1.82) is 0 Å². The number of benzene rings is 1. The largest absolute Gasteiger partial charge is 0.444 e. The molecule has 0 heterocycles. The zero-order valence-electron chi connectivity index (χ0n) is 14.3. The number of hydrogen-bond donors (Lipinski definition) is 4. The summed E-state index contributed by atoms with van der Waals surface area (Å²) >= 11 is 0. The van der Waals surface area contributed by atoms with Gasteiger partial charge in [-0.15, -0.1) is 0 Å². The third-order valence-corrected chi connectivity index (χ3v) is 3.17. The molecule has 130 valence electrons. The van der Waals surface area contributed by atoms with Crippen molar-refractivity contribution in [2.45, 2.75) is 51.5 Å². The van der Waals surface area contributed by atoms with Gasteiger partial charge < -0.3 is 25.6 Å². The van der Waals surface area contributed by atoms with Crippen molar-refractivity contribution in [3.8, 4) is 0 Å². The second kappa shape index (κ2) is 8.86. The Balaban J connectivity index is 2.41. The van der Waals surface area contributed by atoms with Gasteiger partial charge in [-0.25, -0.2) is 4.79 Å². The van der Waals surface area contributed by atoms with Crippen molar-refractivity contribution in [2.24, 2.45) is 0 Å². The van der Waals surface area contributed by atoms with Crippen LogP contribution in [0.25, 0.3) is 0 Å². The normalized spacial score (nSPS) is 14.2. The van der Waals surface area contributed by atoms with E-state index in [-0.39, 0.29) is 13.0 Å². The van der Waals surface area contributed by atoms with Crippen molar-refractivity contribution in [3.63, 3.8) is 0 Å². The van der Waals surface area contributed by atoms with Crippen molar-refractivity contribution in [2.75, 3.05) is 13.6 Å². The van der Waals surface area contributed by atoms with E-state index in [9.17, 15) is 15.0 Å². The minimum absolute atomic E-state index is 0.227. The minimum Gasteiger partial charge on any atom is -0.444 e. The fraction of sp³-hybridized carbons (Fsp3) is 0.588. The molecule has 0 aliphatic carbocycles. The molecule has 1 amide bonds. The topological polar surface area (TPSA) is 90.8 Å². The molecule has 0 fully saturated rings. The molecule has 0 saturated heterocycles. The second-order valence-corrected chi connectivity index (χ2v) is 6.50. The molecule has 6 nitrogen and oxygen atoms in total.